The molecule has 0 amide bonds. The molecule has 31 heavy (non-hydrogen) atoms. The first-order valence-electron chi connectivity index (χ1n) is 10.7. The number of sulfonamides is 1. The van der Waals surface area contributed by atoms with Gasteiger partial charge in [0.05, 0.1) is 16.9 Å². The summed E-state index contributed by atoms with van der Waals surface area (Å²) in [5, 5.41) is 9.79. The molecule has 0 aromatic heterocycles. The first-order valence-corrected chi connectivity index (χ1v) is 13.2. The second-order valence-electron chi connectivity index (χ2n) is 8.26. The van der Waals surface area contributed by atoms with Crippen molar-refractivity contribution >= 4 is 27.8 Å². The minimum absolute atomic E-state index is 0.0200. The van der Waals surface area contributed by atoms with Crippen LogP contribution in [0.5, 0.6) is 0 Å². The fraction of sp³-hybridized carbons (Fsp3) is 0.458. The molecule has 0 aliphatic carbocycles. The van der Waals surface area contributed by atoms with Crippen LogP contribution < -0.4 is 0 Å². The summed E-state index contributed by atoms with van der Waals surface area (Å²) in [6, 6.07) is 14.3. The number of unbranched alkanes of at least 4 members (excludes halogenated alkanes) is 1. The summed E-state index contributed by atoms with van der Waals surface area (Å²) in [4.78, 5) is 12.3. The van der Waals surface area contributed by atoms with Crippen molar-refractivity contribution in [1.82, 2.24) is 4.31 Å². The minimum atomic E-state index is -3.84. The van der Waals surface area contributed by atoms with Gasteiger partial charge in [-0.2, -0.15) is 16.1 Å². The van der Waals surface area contributed by atoms with Gasteiger partial charge in [0.1, 0.15) is 0 Å². The molecule has 168 valence electrons. The van der Waals surface area contributed by atoms with E-state index in [4.69, 9.17) is 0 Å². The molecule has 0 unspecified atom stereocenters. The summed E-state index contributed by atoms with van der Waals surface area (Å²) in [6.45, 7) is 6.00. The van der Waals surface area contributed by atoms with E-state index in [0.29, 0.717) is 6.42 Å². The first-order chi connectivity index (χ1) is 14.7. The fourth-order valence-corrected chi connectivity index (χ4v) is 7.10. The average Bonchev–Trinajstić information content (AvgIpc) is 2.74. The number of carboxylic acids is 1. The lowest BCUT2D eigenvalue weighted by Crippen LogP contribution is -2.49. The molecule has 3 atom stereocenters. The molecule has 1 saturated heterocycles. The van der Waals surface area contributed by atoms with E-state index < -0.39 is 21.9 Å². The van der Waals surface area contributed by atoms with Crippen molar-refractivity contribution in [2.24, 2.45) is 5.92 Å². The summed E-state index contributed by atoms with van der Waals surface area (Å²) in [5.41, 5.74) is 2.99. The lowest BCUT2D eigenvalue weighted by molar-refractivity contribution is -0.143. The highest BCUT2D eigenvalue weighted by Gasteiger charge is 2.45. The van der Waals surface area contributed by atoms with Gasteiger partial charge in [-0.15, -0.1) is 0 Å². The lowest BCUT2D eigenvalue weighted by atomic mass is 9.90. The molecule has 5 nitrogen and oxygen atoms in total. The molecule has 0 spiro atoms. The van der Waals surface area contributed by atoms with E-state index in [1.165, 1.54) is 4.31 Å². The van der Waals surface area contributed by atoms with Crippen LogP contribution in [0.4, 0.5) is 0 Å². The van der Waals surface area contributed by atoms with Gasteiger partial charge in [-0.1, -0.05) is 60.9 Å². The third kappa shape index (κ3) is 5.51. The van der Waals surface area contributed by atoms with Gasteiger partial charge in [-0.3, -0.25) is 4.79 Å². The van der Waals surface area contributed by atoms with Crippen molar-refractivity contribution in [2.45, 2.75) is 56.2 Å². The summed E-state index contributed by atoms with van der Waals surface area (Å²) >= 11 is 1.67. The number of piperidine rings is 1. The van der Waals surface area contributed by atoms with E-state index in [-0.39, 0.29) is 22.7 Å². The van der Waals surface area contributed by atoms with Gasteiger partial charge in [0, 0.05) is 11.8 Å². The van der Waals surface area contributed by atoms with Crippen LogP contribution >= 0.6 is 11.8 Å². The number of aliphatic carboxylic acids is 1. The Morgan fingerprint density at radius 1 is 1.06 bits per heavy atom. The highest BCUT2D eigenvalue weighted by Crippen LogP contribution is 2.42. The first kappa shape index (κ1) is 23.8. The molecule has 1 aliphatic rings. The molecule has 3 rings (SSSR count). The molecule has 1 fully saturated rings. The van der Waals surface area contributed by atoms with Crippen LogP contribution in [-0.2, 0) is 14.8 Å². The van der Waals surface area contributed by atoms with Crippen molar-refractivity contribution in [3.8, 4) is 0 Å². The number of hydrogen-bond acceptors (Lipinski definition) is 4. The normalized spacial score (nSPS) is 22.4. The zero-order valence-corrected chi connectivity index (χ0v) is 20.0. The number of thioether (sulfide) groups is 1. The Bertz CT molecular complexity index is 987. The van der Waals surface area contributed by atoms with Crippen molar-refractivity contribution in [3.63, 3.8) is 0 Å². The fourth-order valence-electron chi connectivity index (χ4n) is 3.94. The zero-order chi connectivity index (χ0) is 22.6. The Morgan fingerprint density at radius 2 is 1.65 bits per heavy atom. The number of carboxylic acid groups (broad SMARTS) is 1. The Labute approximate surface area is 189 Å². The van der Waals surface area contributed by atoms with E-state index >= 15 is 0 Å². The Balaban J connectivity index is 2.01. The molecule has 7 heteroatoms. The van der Waals surface area contributed by atoms with Crippen molar-refractivity contribution in [1.29, 1.82) is 0 Å². The van der Waals surface area contributed by atoms with E-state index in [2.05, 4.69) is 6.92 Å². The molecule has 1 aliphatic heterocycles. The van der Waals surface area contributed by atoms with E-state index in [1.54, 1.807) is 36.0 Å². The van der Waals surface area contributed by atoms with E-state index in [1.807, 2.05) is 38.1 Å². The predicted molar refractivity (Wildman–Crippen MR) is 126 cm³/mol. The highest BCUT2D eigenvalue weighted by molar-refractivity contribution is 7.99. The highest BCUT2D eigenvalue weighted by atomic mass is 32.2. The topological polar surface area (TPSA) is 74.7 Å². The van der Waals surface area contributed by atoms with Gasteiger partial charge in [-0.25, -0.2) is 8.42 Å². The maximum atomic E-state index is 13.6. The number of aryl methyl sites for hydroxylation is 2. The van der Waals surface area contributed by atoms with Gasteiger partial charge in [-0.05, 0) is 50.1 Å². The number of benzene rings is 2. The quantitative estimate of drug-likeness (QED) is 0.557. The molecule has 2 aromatic rings. The van der Waals surface area contributed by atoms with Gasteiger partial charge in [0.25, 0.3) is 0 Å². The van der Waals surface area contributed by atoms with Gasteiger partial charge < -0.3 is 5.11 Å². The Hall–Kier alpha value is -1.83. The maximum Gasteiger partial charge on any atom is 0.308 e. The Kier molecular flexibility index (Phi) is 7.83. The van der Waals surface area contributed by atoms with Gasteiger partial charge >= 0.3 is 5.97 Å². The van der Waals surface area contributed by atoms with Crippen molar-refractivity contribution in [3.05, 3.63) is 65.2 Å². The average molecular weight is 462 g/mol. The lowest BCUT2D eigenvalue weighted by Gasteiger charge is -2.41. The van der Waals surface area contributed by atoms with Crippen molar-refractivity contribution in [2.75, 3.05) is 12.3 Å². The van der Waals surface area contributed by atoms with Gasteiger partial charge in [0.2, 0.25) is 10.0 Å². The van der Waals surface area contributed by atoms with Crippen LogP contribution in [0.25, 0.3) is 0 Å². The van der Waals surface area contributed by atoms with E-state index in [0.717, 1.165) is 35.3 Å². The summed E-state index contributed by atoms with van der Waals surface area (Å²) in [5.74, 6) is -0.778. The largest absolute Gasteiger partial charge is 0.481 e. The van der Waals surface area contributed by atoms with Crippen LogP contribution in [0.15, 0.2) is 53.4 Å². The standard InChI is InChI=1S/C24H31NO4S2/c1-4-5-14-30-23-15-22(19-10-6-17(2)7-11-19)25(16-21(23)24(26)27)31(28,29)20-12-8-18(3)9-13-20/h6-13,21-23H,4-5,14-16H2,1-3H3,(H,26,27)/t21-,22+,23-/m1/s1. The molecule has 0 saturated carbocycles. The molecule has 0 bridgehead atoms. The van der Waals surface area contributed by atoms with Crippen molar-refractivity contribution < 1.29 is 18.3 Å². The third-order valence-electron chi connectivity index (χ3n) is 5.87. The molecular formula is C24H31NO4S2. The number of hydrogen-bond donors (Lipinski definition) is 1. The predicted octanol–water partition coefficient (Wildman–Crippen LogP) is 5.04. The molecule has 1 heterocycles. The second-order valence-corrected chi connectivity index (χ2v) is 11.5. The van der Waals surface area contributed by atoms with Crippen LogP contribution in [-0.4, -0.2) is 41.3 Å². The summed E-state index contributed by atoms with van der Waals surface area (Å²) < 4.78 is 28.6. The zero-order valence-electron chi connectivity index (χ0n) is 18.3. The van der Waals surface area contributed by atoms with Crippen LogP contribution in [0.2, 0.25) is 0 Å². The van der Waals surface area contributed by atoms with Crippen LogP contribution in [0.1, 0.15) is 48.9 Å². The SMILES string of the molecule is CCCCS[C@@H]1C[C@@H](c2ccc(C)cc2)N(S(=O)(=O)c2ccc(C)cc2)C[C@H]1C(=O)O. The third-order valence-corrected chi connectivity index (χ3v) is 9.23. The minimum Gasteiger partial charge on any atom is -0.481 e. The molecule has 0 radical (unpaired) electrons. The van der Waals surface area contributed by atoms with Crippen LogP contribution in [0.3, 0.4) is 0 Å². The Morgan fingerprint density at radius 3 is 2.19 bits per heavy atom. The number of rotatable bonds is 8. The molecule has 1 N–H and O–H groups in total. The molecule has 2 aromatic carbocycles. The van der Waals surface area contributed by atoms with Crippen LogP contribution in [0, 0.1) is 19.8 Å². The summed E-state index contributed by atoms with van der Waals surface area (Å²) in [7, 11) is -3.84. The monoisotopic (exact) mass is 461 g/mol. The summed E-state index contributed by atoms with van der Waals surface area (Å²) in [6.07, 6.45) is 2.56. The maximum absolute atomic E-state index is 13.6. The molecular weight excluding hydrogens is 430 g/mol. The van der Waals surface area contributed by atoms with Gasteiger partial charge in [0.15, 0.2) is 0 Å². The smallest absolute Gasteiger partial charge is 0.308 e. The van der Waals surface area contributed by atoms with E-state index in [9.17, 15) is 18.3 Å². The number of nitrogens with zero attached hydrogens (tertiary/aromatic N) is 1. The number of carbonyl (C=O) groups is 1. The second kappa shape index (κ2) is 10.2.